The molecule has 0 radical (unpaired) electrons. The highest BCUT2D eigenvalue weighted by Crippen LogP contribution is 1.87. The van der Waals surface area contributed by atoms with Crippen molar-refractivity contribution in [2.75, 3.05) is 6.61 Å². The normalized spacial score (nSPS) is 10.2. The van der Waals surface area contributed by atoms with Gasteiger partial charge in [0, 0.05) is 6.61 Å². The van der Waals surface area contributed by atoms with Crippen LogP contribution in [0.1, 0.15) is 12.7 Å². The lowest BCUT2D eigenvalue weighted by Gasteiger charge is -1.91. The summed E-state index contributed by atoms with van der Waals surface area (Å²) in [5.41, 5.74) is 0. The fourth-order valence-corrected chi connectivity index (χ4v) is 0.574. The van der Waals surface area contributed by atoms with E-state index in [0.29, 0.717) is 19.0 Å². The molecule has 1 aromatic heterocycles. The average molecular weight is 142 g/mol. The molecule has 0 aliphatic rings. The van der Waals surface area contributed by atoms with Gasteiger partial charge in [-0.15, -0.1) is 10.2 Å². The Hall–Kier alpha value is -0.970. The molecule has 0 aliphatic heterocycles. The molecule has 0 unspecified atom stereocenters. The molecule has 0 saturated heterocycles. The van der Waals surface area contributed by atoms with E-state index in [1.165, 1.54) is 4.80 Å². The molecule has 0 atom stereocenters. The van der Waals surface area contributed by atoms with E-state index >= 15 is 0 Å². The summed E-state index contributed by atoms with van der Waals surface area (Å²) in [6.07, 6.45) is 0. The van der Waals surface area contributed by atoms with Gasteiger partial charge in [-0.3, -0.25) is 0 Å². The first-order valence-corrected chi connectivity index (χ1v) is 3.13. The lowest BCUT2D eigenvalue weighted by Crippen LogP contribution is -1.96. The number of aromatic nitrogens is 4. The Balaban J connectivity index is 2.42. The van der Waals surface area contributed by atoms with Crippen LogP contribution in [0.5, 0.6) is 0 Å². The Kier molecular flexibility index (Phi) is 2.33. The van der Waals surface area contributed by atoms with Crippen LogP contribution < -0.4 is 0 Å². The summed E-state index contributed by atoms with van der Waals surface area (Å²) in [4.78, 5) is 1.41. The summed E-state index contributed by atoms with van der Waals surface area (Å²) in [6.45, 7) is 3.05. The Morgan fingerprint density at radius 3 is 2.90 bits per heavy atom. The van der Waals surface area contributed by atoms with Crippen molar-refractivity contribution < 1.29 is 4.74 Å². The van der Waals surface area contributed by atoms with E-state index in [4.69, 9.17) is 4.74 Å². The first-order chi connectivity index (χ1) is 4.83. The van der Waals surface area contributed by atoms with Gasteiger partial charge in [0.1, 0.15) is 6.61 Å². The third kappa shape index (κ3) is 1.77. The number of ether oxygens (including phenoxy) is 1. The van der Waals surface area contributed by atoms with Crippen LogP contribution in [-0.4, -0.2) is 26.8 Å². The second-order valence-electron chi connectivity index (χ2n) is 1.83. The monoisotopic (exact) mass is 142 g/mol. The predicted molar refractivity (Wildman–Crippen MR) is 34.1 cm³/mol. The zero-order chi connectivity index (χ0) is 7.40. The maximum atomic E-state index is 5.05. The minimum Gasteiger partial charge on any atom is -0.374 e. The summed E-state index contributed by atoms with van der Waals surface area (Å²) < 4.78 is 5.05. The van der Waals surface area contributed by atoms with Crippen LogP contribution in [0.25, 0.3) is 0 Å². The third-order valence-corrected chi connectivity index (χ3v) is 0.985. The SMILES string of the molecule is CCOCc1nnn(C)n1. The molecule has 0 aromatic carbocycles. The summed E-state index contributed by atoms with van der Waals surface area (Å²) in [6, 6.07) is 0. The number of aryl methyl sites for hydroxylation is 1. The van der Waals surface area contributed by atoms with Gasteiger partial charge in [0.25, 0.3) is 0 Å². The molecule has 0 N–H and O–H groups in total. The minimum absolute atomic E-state index is 0.449. The molecule has 1 aromatic rings. The van der Waals surface area contributed by atoms with Crippen molar-refractivity contribution in [3.05, 3.63) is 5.82 Å². The molecule has 5 heteroatoms. The van der Waals surface area contributed by atoms with E-state index in [1.54, 1.807) is 7.05 Å². The Bertz CT molecular complexity index is 197. The predicted octanol–water partition coefficient (Wildman–Crippen LogP) is -0.253. The van der Waals surface area contributed by atoms with E-state index in [2.05, 4.69) is 15.4 Å². The summed E-state index contributed by atoms with van der Waals surface area (Å²) in [5.74, 6) is 0.629. The molecule has 0 amide bonds. The second kappa shape index (κ2) is 3.26. The van der Waals surface area contributed by atoms with Crippen LogP contribution in [0.2, 0.25) is 0 Å². The molecule has 0 saturated carbocycles. The van der Waals surface area contributed by atoms with Crippen molar-refractivity contribution in [3.63, 3.8) is 0 Å². The van der Waals surface area contributed by atoms with Crippen molar-refractivity contribution >= 4 is 0 Å². The van der Waals surface area contributed by atoms with Crippen molar-refractivity contribution in [2.24, 2.45) is 7.05 Å². The van der Waals surface area contributed by atoms with Crippen LogP contribution in [0.15, 0.2) is 0 Å². The van der Waals surface area contributed by atoms with Crippen LogP contribution in [0, 0.1) is 0 Å². The molecule has 0 spiro atoms. The van der Waals surface area contributed by atoms with Crippen LogP contribution in [0.3, 0.4) is 0 Å². The highest BCUT2D eigenvalue weighted by molar-refractivity contribution is 4.70. The largest absolute Gasteiger partial charge is 0.374 e. The zero-order valence-corrected chi connectivity index (χ0v) is 6.11. The quantitative estimate of drug-likeness (QED) is 0.583. The number of nitrogens with zero attached hydrogens (tertiary/aromatic N) is 4. The third-order valence-electron chi connectivity index (χ3n) is 0.985. The Labute approximate surface area is 59.0 Å². The van der Waals surface area contributed by atoms with Crippen molar-refractivity contribution in [1.82, 2.24) is 20.2 Å². The second-order valence-corrected chi connectivity index (χ2v) is 1.83. The standard InChI is InChI=1S/C5H10N4O/c1-3-10-4-5-6-8-9(2)7-5/h3-4H2,1-2H3. The molecule has 10 heavy (non-hydrogen) atoms. The molecule has 1 heterocycles. The lowest BCUT2D eigenvalue weighted by molar-refractivity contribution is 0.128. The van der Waals surface area contributed by atoms with E-state index in [0.717, 1.165) is 0 Å². The zero-order valence-electron chi connectivity index (χ0n) is 6.11. The first-order valence-electron chi connectivity index (χ1n) is 3.13. The first kappa shape index (κ1) is 7.14. The van der Waals surface area contributed by atoms with Gasteiger partial charge in [-0.25, -0.2) is 0 Å². The number of tetrazole rings is 1. The Morgan fingerprint density at radius 2 is 2.40 bits per heavy atom. The van der Waals surface area contributed by atoms with E-state index in [9.17, 15) is 0 Å². The summed E-state index contributed by atoms with van der Waals surface area (Å²) in [5, 5.41) is 11.3. The highest BCUT2D eigenvalue weighted by atomic mass is 16.5. The van der Waals surface area contributed by atoms with Gasteiger partial charge in [-0.2, -0.15) is 4.80 Å². The molecule has 0 aliphatic carbocycles. The van der Waals surface area contributed by atoms with Crippen molar-refractivity contribution in [3.8, 4) is 0 Å². The van der Waals surface area contributed by atoms with Gasteiger partial charge in [0.05, 0.1) is 7.05 Å². The van der Waals surface area contributed by atoms with Crippen LogP contribution in [-0.2, 0) is 18.4 Å². The Morgan fingerprint density at radius 1 is 1.60 bits per heavy atom. The minimum atomic E-state index is 0.449. The van der Waals surface area contributed by atoms with E-state index in [1.807, 2.05) is 6.92 Å². The smallest absolute Gasteiger partial charge is 0.200 e. The average Bonchev–Trinajstić information content (AvgIpc) is 2.31. The molecular formula is C5H10N4O. The maximum absolute atomic E-state index is 5.05. The fourth-order valence-electron chi connectivity index (χ4n) is 0.574. The van der Waals surface area contributed by atoms with Gasteiger partial charge in [-0.05, 0) is 12.1 Å². The topological polar surface area (TPSA) is 52.8 Å². The van der Waals surface area contributed by atoms with Crippen LogP contribution in [0.4, 0.5) is 0 Å². The van der Waals surface area contributed by atoms with Gasteiger partial charge in [0.2, 0.25) is 0 Å². The van der Waals surface area contributed by atoms with Crippen molar-refractivity contribution in [2.45, 2.75) is 13.5 Å². The maximum Gasteiger partial charge on any atom is 0.200 e. The van der Waals surface area contributed by atoms with Gasteiger partial charge in [-0.1, -0.05) is 0 Å². The van der Waals surface area contributed by atoms with Crippen LogP contribution >= 0.6 is 0 Å². The molecule has 5 nitrogen and oxygen atoms in total. The van der Waals surface area contributed by atoms with Gasteiger partial charge < -0.3 is 4.74 Å². The van der Waals surface area contributed by atoms with Gasteiger partial charge in [0.15, 0.2) is 5.82 Å². The number of hydrogen-bond donors (Lipinski definition) is 0. The number of rotatable bonds is 3. The molecule has 0 bridgehead atoms. The molecule has 0 fully saturated rings. The molecular weight excluding hydrogens is 132 g/mol. The number of hydrogen-bond acceptors (Lipinski definition) is 4. The molecule has 56 valence electrons. The molecule has 1 rings (SSSR count). The van der Waals surface area contributed by atoms with Crippen molar-refractivity contribution in [1.29, 1.82) is 0 Å². The lowest BCUT2D eigenvalue weighted by atomic mass is 10.7. The summed E-state index contributed by atoms with van der Waals surface area (Å²) >= 11 is 0. The van der Waals surface area contributed by atoms with E-state index < -0.39 is 0 Å². The highest BCUT2D eigenvalue weighted by Gasteiger charge is 1.97. The fraction of sp³-hybridized carbons (Fsp3) is 0.800. The summed E-state index contributed by atoms with van der Waals surface area (Å²) in [7, 11) is 1.72. The van der Waals surface area contributed by atoms with E-state index in [-0.39, 0.29) is 0 Å². The van der Waals surface area contributed by atoms with Gasteiger partial charge >= 0.3 is 0 Å².